The van der Waals surface area contributed by atoms with E-state index in [4.69, 9.17) is 0 Å². The summed E-state index contributed by atoms with van der Waals surface area (Å²) in [5.74, 6) is -0.107. The highest BCUT2D eigenvalue weighted by Crippen LogP contribution is 2.31. The van der Waals surface area contributed by atoms with Crippen LogP contribution in [0.4, 0.5) is 0 Å². The molecule has 8 heteroatoms. The van der Waals surface area contributed by atoms with Crippen LogP contribution in [0.15, 0.2) is 36.4 Å². The quantitative estimate of drug-likeness (QED) is 0.130. The maximum Gasteiger partial charge on any atom is 0.166 e. The zero-order chi connectivity index (χ0) is 23.8. The predicted octanol–water partition coefficient (Wildman–Crippen LogP) is -1.29. The van der Waals surface area contributed by atoms with Gasteiger partial charge in [0.1, 0.15) is 13.1 Å². The molecule has 0 aliphatic rings. The fourth-order valence-electron chi connectivity index (χ4n) is 4.28. The lowest BCUT2D eigenvalue weighted by Crippen LogP contribution is -3.00. The number of phenols is 4. The molecule has 0 aliphatic heterocycles. The molecule has 0 unspecified atom stereocenters. The van der Waals surface area contributed by atoms with Gasteiger partial charge in [0.25, 0.3) is 0 Å². The topological polar surface area (TPSA) is 80.9 Å². The molecule has 0 spiro atoms. The maximum absolute atomic E-state index is 10.0. The molecule has 0 saturated carbocycles. The number of phenolic OH excluding ortho intramolecular Hbond substituents is 4. The van der Waals surface area contributed by atoms with E-state index in [2.05, 4.69) is 28.2 Å². The van der Waals surface area contributed by atoms with Crippen molar-refractivity contribution in [2.75, 3.05) is 41.3 Å². The van der Waals surface area contributed by atoms with Crippen molar-refractivity contribution in [3.63, 3.8) is 0 Å². The van der Waals surface area contributed by atoms with Crippen molar-refractivity contribution in [3.05, 3.63) is 47.5 Å². The number of quaternary nitrogens is 2. The van der Waals surface area contributed by atoms with Crippen LogP contribution in [0.1, 0.15) is 49.7 Å². The number of aromatic hydroxyl groups is 4. The van der Waals surface area contributed by atoms with Gasteiger partial charge in [-0.15, -0.1) is 0 Å². The highest BCUT2D eigenvalue weighted by molar-refractivity contribution is 5.44. The minimum Gasteiger partial charge on any atom is -1.00 e. The van der Waals surface area contributed by atoms with Crippen LogP contribution in [0.3, 0.4) is 0 Å². The van der Waals surface area contributed by atoms with Gasteiger partial charge in [-0.05, 0) is 49.9 Å². The number of hydrogen-bond acceptors (Lipinski definition) is 4. The van der Waals surface area contributed by atoms with E-state index in [1.54, 1.807) is 12.1 Å². The summed E-state index contributed by atoms with van der Waals surface area (Å²) in [7, 11) is 8.64. The van der Waals surface area contributed by atoms with Crippen LogP contribution in [-0.4, -0.2) is 70.7 Å². The van der Waals surface area contributed by atoms with Gasteiger partial charge in [0.05, 0.1) is 52.4 Å². The first-order valence-corrected chi connectivity index (χ1v) is 11.6. The van der Waals surface area contributed by atoms with Gasteiger partial charge < -0.3 is 63.4 Å². The number of unbranched alkanes of at least 4 members (excludes halogenated alkanes) is 5. The molecule has 0 aliphatic carbocycles. The number of hydrogen-bond donors (Lipinski definition) is 4. The standard InChI is InChI=1S/C26H40N2O4.2BrH/c1-27(2,19-21-13-11-15-23(29)25(21)31)17-9-7-5-6-8-10-18-28(3,4)20-22-14-12-16-24(30)26(22)32;;/h11-16H,5-10,17-20H2,1-4H3,(H2-2,29,30,31,32);2*1H. The Hall–Kier alpha value is -1.48. The molecule has 6 nitrogen and oxygen atoms in total. The van der Waals surface area contributed by atoms with Crippen LogP contribution in [0.2, 0.25) is 0 Å². The lowest BCUT2D eigenvalue weighted by Gasteiger charge is -2.30. The summed E-state index contributed by atoms with van der Waals surface area (Å²) in [5, 5.41) is 39.4. The molecule has 194 valence electrons. The molecule has 0 atom stereocenters. The molecule has 0 radical (unpaired) electrons. The van der Waals surface area contributed by atoms with Crippen LogP contribution in [0.25, 0.3) is 0 Å². The van der Waals surface area contributed by atoms with E-state index in [0.29, 0.717) is 13.1 Å². The third-order valence-electron chi connectivity index (χ3n) is 6.17. The molecule has 0 bridgehead atoms. The van der Waals surface area contributed by atoms with E-state index in [1.807, 2.05) is 12.1 Å². The molecular formula is C26H42Br2N2O4. The van der Waals surface area contributed by atoms with E-state index in [9.17, 15) is 20.4 Å². The summed E-state index contributed by atoms with van der Waals surface area (Å²) in [6, 6.07) is 10.3. The van der Waals surface area contributed by atoms with E-state index in [-0.39, 0.29) is 57.0 Å². The summed E-state index contributed by atoms with van der Waals surface area (Å²) in [5.41, 5.74) is 1.57. The SMILES string of the molecule is C[N+](C)(CCCCCCCC[N+](C)(C)Cc1cccc(O)c1O)Cc1cccc(O)c1O.[Br-].[Br-]. The van der Waals surface area contributed by atoms with Crippen molar-refractivity contribution in [1.29, 1.82) is 0 Å². The van der Waals surface area contributed by atoms with E-state index < -0.39 is 0 Å². The molecular weight excluding hydrogens is 564 g/mol. The second-order valence-corrected chi connectivity index (χ2v) is 10.3. The Kier molecular flexibility index (Phi) is 14.2. The van der Waals surface area contributed by atoms with Gasteiger partial charge in [0.2, 0.25) is 0 Å². The third kappa shape index (κ3) is 10.8. The fraction of sp³-hybridized carbons (Fsp3) is 0.538. The number of rotatable bonds is 13. The van der Waals surface area contributed by atoms with Crippen LogP contribution < -0.4 is 34.0 Å². The van der Waals surface area contributed by atoms with Crippen molar-refractivity contribution in [3.8, 4) is 23.0 Å². The van der Waals surface area contributed by atoms with Gasteiger partial charge in [0.15, 0.2) is 23.0 Å². The molecule has 0 saturated heterocycles. The highest BCUT2D eigenvalue weighted by Gasteiger charge is 2.20. The molecule has 0 heterocycles. The molecule has 2 aromatic carbocycles. The average Bonchev–Trinajstić information content (AvgIpc) is 2.70. The summed E-state index contributed by atoms with van der Waals surface area (Å²) < 4.78 is 1.56. The van der Waals surface area contributed by atoms with Gasteiger partial charge in [-0.2, -0.15) is 0 Å². The minimum absolute atomic E-state index is 0. The van der Waals surface area contributed by atoms with Crippen LogP contribution >= 0.6 is 0 Å². The van der Waals surface area contributed by atoms with E-state index in [0.717, 1.165) is 46.0 Å². The first-order chi connectivity index (χ1) is 15.0. The van der Waals surface area contributed by atoms with Gasteiger partial charge in [-0.3, -0.25) is 0 Å². The fourth-order valence-corrected chi connectivity index (χ4v) is 4.28. The van der Waals surface area contributed by atoms with Crippen molar-refractivity contribution >= 4 is 0 Å². The Balaban J connectivity index is 0.00000544. The van der Waals surface area contributed by atoms with E-state index in [1.165, 1.54) is 37.8 Å². The van der Waals surface area contributed by atoms with Crippen LogP contribution in [0, 0.1) is 0 Å². The average molecular weight is 606 g/mol. The van der Waals surface area contributed by atoms with Crippen molar-refractivity contribution in [2.45, 2.75) is 51.6 Å². The van der Waals surface area contributed by atoms with Gasteiger partial charge in [0, 0.05) is 0 Å². The smallest absolute Gasteiger partial charge is 0.166 e. The van der Waals surface area contributed by atoms with Crippen LogP contribution in [0.5, 0.6) is 23.0 Å². The number of benzene rings is 2. The molecule has 34 heavy (non-hydrogen) atoms. The van der Waals surface area contributed by atoms with E-state index >= 15 is 0 Å². The Morgan fingerprint density at radius 3 is 1.21 bits per heavy atom. The number of halogens is 2. The first-order valence-electron chi connectivity index (χ1n) is 11.6. The summed E-state index contributed by atoms with van der Waals surface area (Å²) in [6.07, 6.45) is 7.12. The molecule has 0 fully saturated rings. The van der Waals surface area contributed by atoms with Crippen LogP contribution in [-0.2, 0) is 13.1 Å². The monoisotopic (exact) mass is 604 g/mol. The first kappa shape index (κ1) is 32.5. The molecule has 0 amide bonds. The molecule has 0 aromatic heterocycles. The zero-order valence-electron chi connectivity index (χ0n) is 21.0. The lowest BCUT2D eigenvalue weighted by molar-refractivity contribution is -0.903. The van der Waals surface area contributed by atoms with Gasteiger partial charge >= 0.3 is 0 Å². The summed E-state index contributed by atoms with van der Waals surface area (Å²) >= 11 is 0. The molecule has 2 aromatic rings. The number of para-hydroxylation sites is 2. The molecule has 4 N–H and O–H groups in total. The normalized spacial score (nSPS) is 11.5. The maximum atomic E-state index is 10.0. The van der Waals surface area contributed by atoms with Crippen molar-refractivity contribution in [2.24, 2.45) is 0 Å². The lowest BCUT2D eigenvalue weighted by atomic mass is 10.1. The van der Waals surface area contributed by atoms with Gasteiger partial charge in [-0.1, -0.05) is 25.0 Å². The second kappa shape index (κ2) is 14.8. The van der Waals surface area contributed by atoms with Crippen molar-refractivity contribution in [1.82, 2.24) is 0 Å². The Labute approximate surface area is 226 Å². The summed E-state index contributed by atoms with van der Waals surface area (Å²) in [6.45, 7) is 3.46. The minimum atomic E-state index is -0.0528. The Morgan fingerprint density at radius 1 is 0.529 bits per heavy atom. The molecule has 2 rings (SSSR count). The number of nitrogens with zero attached hydrogens (tertiary/aromatic N) is 2. The Morgan fingerprint density at radius 2 is 0.853 bits per heavy atom. The van der Waals surface area contributed by atoms with Crippen molar-refractivity contribution < 1.29 is 63.4 Å². The largest absolute Gasteiger partial charge is 1.00 e. The van der Waals surface area contributed by atoms with Gasteiger partial charge in [-0.25, -0.2) is 0 Å². The second-order valence-electron chi connectivity index (χ2n) is 10.3. The predicted molar refractivity (Wildman–Crippen MR) is 129 cm³/mol. The Bertz CT molecular complexity index is 804. The third-order valence-corrected chi connectivity index (χ3v) is 6.17. The zero-order valence-corrected chi connectivity index (χ0v) is 24.1. The highest BCUT2D eigenvalue weighted by atomic mass is 79.9. The summed E-state index contributed by atoms with van der Waals surface area (Å²) in [4.78, 5) is 0.